The Morgan fingerprint density at radius 1 is 1.12 bits per heavy atom. The first-order valence-electron chi connectivity index (χ1n) is 13.5. The van der Waals surface area contributed by atoms with Gasteiger partial charge in [0.2, 0.25) is 0 Å². The molecule has 0 radical (unpaired) electrons. The van der Waals surface area contributed by atoms with Crippen molar-refractivity contribution < 1.29 is 10.2 Å². The van der Waals surface area contributed by atoms with Crippen LogP contribution in [-0.4, -0.2) is 31.2 Å². The molecule has 0 spiro atoms. The number of hydrogen-bond donors (Lipinski definition) is 2. The van der Waals surface area contributed by atoms with Gasteiger partial charge in [0.05, 0.1) is 29.5 Å². The first-order chi connectivity index (χ1) is 15.5. The quantitative estimate of drug-likeness (QED) is 0.614. The third-order valence-corrected chi connectivity index (χ3v) is 10.9. The van der Waals surface area contributed by atoms with Crippen molar-refractivity contribution in [2.24, 2.45) is 46.8 Å². The first-order valence-corrected chi connectivity index (χ1v) is 13.5. The Balaban J connectivity index is 1.39. The summed E-state index contributed by atoms with van der Waals surface area (Å²) in [6.07, 6.45) is 19.7. The molecule has 1 aromatic heterocycles. The van der Waals surface area contributed by atoms with Crippen molar-refractivity contribution in [1.82, 2.24) is 9.78 Å². The van der Waals surface area contributed by atoms with E-state index in [1.165, 1.54) is 38.5 Å². The maximum absolute atomic E-state index is 11.9. The summed E-state index contributed by atoms with van der Waals surface area (Å²) in [5, 5.41) is 27.0. The van der Waals surface area contributed by atoms with E-state index >= 15 is 0 Å². The number of terminal acetylenes is 1. The number of nitrogens with zero attached hydrogens (tertiary/aromatic N) is 2. The van der Waals surface area contributed by atoms with Crippen LogP contribution in [0.2, 0.25) is 0 Å². The van der Waals surface area contributed by atoms with Crippen LogP contribution in [0.5, 0.6) is 0 Å². The molecule has 1 aromatic rings. The summed E-state index contributed by atoms with van der Waals surface area (Å²) < 4.78 is 1.84. The van der Waals surface area contributed by atoms with Gasteiger partial charge in [-0.05, 0) is 112 Å². The van der Waals surface area contributed by atoms with E-state index < -0.39 is 11.2 Å². The minimum absolute atomic E-state index is 0.164. The minimum Gasteiger partial charge on any atom is -0.390 e. The van der Waals surface area contributed by atoms with Gasteiger partial charge in [-0.3, -0.25) is 4.68 Å². The van der Waals surface area contributed by atoms with E-state index in [0.29, 0.717) is 18.4 Å². The van der Waals surface area contributed by atoms with Gasteiger partial charge in [0.1, 0.15) is 0 Å². The number of aromatic nitrogens is 2. The van der Waals surface area contributed by atoms with Gasteiger partial charge in [0, 0.05) is 6.20 Å². The highest BCUT2D eigenvalue weighted by atomic mass is 16.3. The third-order valence-electron chi connectivity index (χ3n) is 10.9. The van der Waals surface area contributed by atoms with Crippen LogP contribution < -0.4 is 0 Å². The van der Waals surface area contributed by atoms with Crippen molar-refractivity contribution in [3.05, 3.63) is 18.0 Å². The summed E-state index contributed by atoms with van der Waals surface area (Å²) in [7, 11) is 0. The minimum atomic E-state index is -0.807. The summed E-state index contributed by atoms with van der Waals surface area (Å²) in [6.45, 7) is 9.59. The second kappa shape index (κ2) is 8.13. The molecule has 0 unspecified atom stereocenters. The van der Waals surface area contributed by atoms with E-state index in [0.717, 1.165) is 48.5 Å². The van der Waals surface area contributed by atoms with E-state index in [2.05, 4.69) is 31.8 Å². The van der Waals surface area contributed by atoms with Crippen molar-refractivity contribution in [2.75, 3.05) is 0 Å². The van der Waals surface area contributed by atoms with Gasteiger partial charge >= 0.3 is 0 Å². The third kappa shape index (κ3) is 3.98. The fraction of sp³-hybridized carbons (Fsp3) is 0.828. The second-order valence-corrected chi connectivity index (χ2v) is 13.2. The fourth-order valence-corrected chi connectivity index (χ4v) is 9.76. The highest BCUT2D eigenvalue weighted by molar-refractivity contribution is 5.26. The molecule has 182 valence electrons. The maximum Gasteiger partial charge on any atom is 0.0848 e. The first kappa shape index (κ1) is 23.4. The van der Waals surface area contributed by atoms with Crippen LogP contribution in [0.15, 0.2) is 12.4 Å². The Labute approximate surface area is 200 Å². The van der Waals surface area contributed by atoms with Crippen molar-refractivity contribution in [3.63, 3.8) is 0 Å². The monoisotopic (exact) mass is 452 g/mol. The van der Waals surface area contributed by atoms with Gasteiger partial charge in [-0.2, -0.15) is 5.10 Å². The molecular weight excluding hydrogens is 408 g/mol. The smallest absolute Gasteiger partial charge is 0.0848 e. The average Bonchev–Trinajstić information content (AvgIpc) is 3.18. The normalized spacial score (nSPS) is 46.9. The number of hydrogen-bond acceptors (Lipinski definition) is 3. The number of aliphatic hydroxyl groups is 2. The van der Waals surface area contributed by atoms with Crippen LogP contribution in [0.3, 0.4) is 0 Å². The van der Waals surface area contributed by atoms with Gasteiger partial charge in [0.15, 0.2) is 0 Å². The Morgan fingerprint density at radius 3 is 2.61 bits per heavy atom. The van der Waals surface area contributed by atoms with Gasteiger partial charge < -0.3 is 10.2 Å². The molecule has 0 saturated heterocycles. The second-order valence-electron chi connectivity index (χ2n) is 13.2. The van der Waals surface area contributed by atoms with Gasteiger partial charge in [-0.25, -0.2) is 0 Å². The zero-order valence-electron chi connectivity index (χ0n) is 21.1. The van der Waals surface area contributed by atoms with E-state index in [9.17, 15) is 10.2 Å². The van der Waals surface area contributed by atoms with E-state index in [1.807, 2.05) is 17.8 Å². The van der Waals surface area contributed by atoms with Gasteiger partial charge in [0.25, 0.3) is 0 Å². The SMILES string of the molecule is C#Cc1cnn(C[C@](C)(O)[C@H]2CC[C@@H](C)[C@H]3[C@@H]4CC[C@@H]5C[C@](C)(O)CC[C@@H]5[C@H]4CC[C@@]32C)c1. The van der Waals surface area contributed by atoms with Crippen LogP contribution in [0.4, 0.5) is 0 Å². The topological polar surface area (TPSA) is 58.3 Å². The Hall–Kier alpha value is -1.31. The Bertz CT molecular complexity index is 911. The fourth-order valence-electron chi connectivity index (χ4n) is 9.76. The zero-order chi connectivity index (χ0) is 23.6. The molecule has 0 aliphatic heterocycles. The molecule has 2 N–H and O–H groups in total. The van der Waals surface area contributed by atoms with E-state index in [1.54, 1.807) is 6.20 Å². The summed E-state index contributed by atoms with van der Waals surface area (Å²) >= 11 is 0. The van der Waals surface area contributed by atoms with Gasteiger partial charge in [-0.15, -0.1) is 6.42 Å². The van der Waals surface area contributed by atoms with Crippen LogP contribution >= 0.6 is 0 Å². The molecule has 0 amide bonds. The van der Waals surface area contributed by atoms with Crippen LogP contribution in [0.1, 0.15) is 91.0 Å². The molecule has 5 rings (SSSR count). The lowest BCUT2D eigenvalue weighted by molar-refractivity contribution is -0.184. The summed E-state index contributed by atoms with van der Waals surface area (Å²) in [5.74, 6) is 7.43. The average molecular weight is 453 g/mol. The molecule has 10 atom stereocenters. The van der Waals surface area contributed by atoms with Gasteiger partial charge in [-0.1, -0.05) is 26.2 Å². The predicted molar refractivity (Wildman–Crippen MR) is 131 cm³/mol. The van der Waals surface area contributed by atoms with Crippen molar-refractivity contribution in [2.45, 2.75) is 103 Å². The molecule has 4 aliphatic carbocycles. The molecule has 4 saturated carbocycles. The Kier molecular flexibility index (Phi) is 5.77. The molecule has 1 heterocycles. The van der Waals surface area contributed by atoms with E-state index in [-0.39, 0.29) is 11.3 Å². The largest absolute Gasteiger partial charge is 0.390 e. The predicted octanol–water partition coefficient (Wildman–Crippen LogP) is 5.27. The lowest BCUT2D eigenvalue weighted by Gasteiger charge is -2.64. The Morgan fingerprint density at radius 2 is 1.88 bits per heavy atom. The van der Waals surface area contributed by atoms with Crippen LogP contribution in [0.25, 0.3) is 0 Å². The number of rotatable bonds is 3. The molecule has 4 heteroatoms. The summed E-state index contributed by atoms with van der Waals surface area (Å²) in [6, 6.07) is 0. The molecule has 0 bridgehead atoms. The number of fused-ring (bicyclic) bond motifs is 5. The zero-order valence-corrected chi connectivity index (χ0v) is 21.1. The van der Waals surface area contributed by atoms with Crippen molar-refractivity contribution in [1.29, 1.82) is 0 Å². The van der Waals surface area contributed by atoms with Crippen molar-refractivity contribution >= 4 is 0 Å². The molecule has 4 fully saturated rings. The summed E-state index contributed by atoms with van der Waals surface area (Å²) in [4.78, 5) is 0. The molecule has 4 aliphatic rings. The van der Waals surface area contributed by atoms with Crippen LogP contribution in [0, 0.1) is 59.2 Å². The molecule has 4 nitrogen and oxygen atoms in total. The maximum atomic E-state index is 11.9. The molecule has 33 heavy (non-hydrogen) atoms. The highest BCUT2D eigenvalue weighted by Gasteiger charge is 2.60. The van der Waals surface area contributed by atoms with Crippen molar-refractivity contribution in [3.8, 4) is 12.3 Å². The van der Waals surface area contributed by atoms with E-state index in [4.69, 9.17) is 6.42 Å². The molecule has 0 aromatic carbocycles. The van der Waals surface area contributed by atoms with Crippen LogP contribution in [-0.2, 0) is 6.54 Å². The lowest BCUT2D eigenvalue weighted by atomic mass is 9.41. The lowest BCUT2D eigenvalue weighted by Crippen LogP contribution is -2.60. The standard InChI is InChI=1S/C29H44N2O2/c1-6-20-16-30-31(17-20)18-29(5,33)25-10-7-19(2)26-24-9-8-21-15-27(3,32)13-11-22(21)23(24)12-14-28(25,26)4/h1,16-17,19,21-26,32-33H,7-15,18H2,2-5H3/t19-,21-,22+,23-,24-,25+,26+,27-,28-,29+/m1/s1. The molecular formula is C29H44N2O2. The summed E-state index contributed by atoms with van der Waals surface area (Å²) in [5.41, 5.74) is -0.322. The highest BCUT2D eigenvalue weighted by Crippen LogP contribution is 2.65.